The second-order valence-electron chi connectivity index (χ2n) is 5.16. The molecule has 3 N–H and O–H groups in total. The molecule has 1 heterocycles. The molecule has 0 fully saturated rings. The van der Waals surface area contributed by atoms with Crippen LogP contribution in [-0.4, -0.2) is 35.4 Å². The van der Waals surface area contributed by atoms with Gasteiger partial charge in [0.1, 0.15) is 10.7 Å². The van der Waals surface area contributed by atoms with Crippen LogP contribution in [0.5, 0.6) is 0 Å². The van der Waals surface area contributed by atoms with Gasteiger partial charge in [0.15, 0.2) is 5.13 Å². The first-order chi connectivity index (χ1) is 10.1. The van der Waals surface area contributed by atoms with E-state index < -0.39 is 0 Å². The number of thiazole rings is 1. The molecule has 1 aromatic rings. The van der Waals surface area contributed by atoms with Crippen LogP contribution in [0.1, 0.15) is 62.5 Å². The Morgan fingerprint density at radius 1 is 1.19 bits per heavy atom. The maximum absolute atomic E-state index is 12.7. The number of anilines is 2. The Balaban J connectivity index is 2.78. The SMILES string of the molecule is CCCCN(CCCC)C(=O)c1sc(NCCC)nc1N. The summed E-state index contributed by atoms with van der Waals surface area (Å²) in [4.78, 5) is 19.4. The van der Waals surface area contributed by atoms with Crippen molar-refractivity contribution in [2.45, 2.75) is 52.9 Å². The fourth-order valence-corrected chi connectivity index (χ4v) is 2.83. The van der Waals surface area contributed by atoms with E-state index in [1.807, 2.05) is 4.90 Å². The fraction of sp³-hybridized carbons (Fsp3) is 0.733. The number of hydrogen-bond acceptors (Lipinski definition) is 5. The molecule has 0 saturated heterocycles. The summed E-state index contributed by atoms with van der Waals surface area (Å²) in [7, 11) is 0. The van der Waals surface area contributed by atoms with Crippen LogP contribution in [-0.2, 0) is 0 Å². The Morgan fingerprint density at radius 3 is 2.33 bits per heavy atom. The van der Waals surface area contributed by atoms with Crippen LogP contribution in [0.25, 0.3) is 0 Å². The van der Waals surface area contributed by atoms with Gasteiger partial charge in [0.2, 0.25) is 0 Å². The number of rotatable bonds is 10. The molecule has 1 aromatic heterocycles. The molecule has 0 unspecified atom stereocenters. The third kappa shape index (κ3) is 5.53. The predicted molar refractivity (Wildman–Crippen MR) is 91.0 cm³/mol. The van der Waals surface area contributed by atoms with Gasteiger partial charge in [-0.15, -0.1) is 0 Å². The second kappa shape index (κ2) is 9.60. The molecule has 120 valence electrons. The number of aromatic nitrogens is 1. The standard InChI is InChI=1S/C15H28N4OS/c1-4-7-10-19(11-8-5-2)14(20)12-13(16)18-15(21-12)17-9-6-3/h4-11,16H2,1-3H3,(H,17,18). The van der Waals surface area contributed by atoms with E-state index in [2.05, 4.69) is 31.1 Å². The molecule has 0 atom stereocenters. The second-order valence-corrected chi connectivity index (χ2v) is 6.16. The van der Waals surface area contributed by atoms with Crippen LogP contribution in [0.15, 0.2) is 0 Å². The van der Waals surface area contributed by atoms with Gasteiger partial charge in [0.05, 0.1) is 0 Å². The van der Waals surface area contributed by atoms with Crippen molar-refractivity contribution in [3.05, 3.63) is 4.88 Å². The first kappa shape index (κ1) is 17.8. The highest BCUT2D eigenvalue weighted by molar-refractivity contribution is 7.18. The zero-order valence-corrected chi connectivity index (χ0v) is 14.3. The molecule has 1 amide bonds. The smallest absolute Gasteiger partial charge is 0.267 e. The van der Waals surface area contributed by atoms with E-state index in [0.717, 1.165) is 56.9 Å². The first-order valence-corrected chi connectivity index (χ1v) is 8.75. The maximum Gasteiger partial charge on any atom is 0.267 e. The molecule has 0 aliphatic carbocycles. The Labute approximate surface area is 131 Å². The number of unbranched alkanes of at least 4 members (excludes halogenated alkanes) is 2. The number of carbonyl (C=O) groups is 1. The highest BCUT2D eigenvalue weighted by atomic mass is 32.1. The Morgan fingerprint density at radius 2 is 1.81 bits per heavy atom. The van der Waals surface area contributed by atoms with Gasteiger partial charge >= 0.3 is 0 Å². The topological polar surface area (TPSA) is 71.2 Å². The lowest BCUT2D eigenvalue weighted by Crippen LogP contribution is -2.32. The molecule has 0 saturated carbocycles. The van der Waals surface area contributed by atoms with Gasteiger partial charge in [-0.2, -0.15) is 0 Å². The van der Waals surface area contributed by atoms with Crippen molar-refractivity contribution in [1.29, 1.82) is 0 Å². The molecule has 0 aliphatic rings. The highest BCUT2D eigenvalue weighted by Gasteiger charge is 2.21. The van der Waals surface area contributed by atoms with Gasteiger partial charge in [-0.05, 0) is 19.3 Å². The number of nitrogen functional groups attached to an aromatic ring is 1. The van der Waals surface area contributed by atoms with E-state index in [0.29, 0.717) is 10.7 Å². The molecule has 0 radical (unpaired) electrons. The van der Waals surface area contributed by atoms with Crippen LogP contribution in [0.2, 0.25) is 0 Å². The van der Waals surface area contributed by atoms with Crippen LogP contribution in [0, 0.1) is 0 Å². The van der Waals surface area contributed by atoms with Gasteiger partial charge < -0.3 is 16.0 Å². The molecule has 0 bridgehead atoms. The zero-order chi connectivity index (χ0) is 15.7. The van der Waals surface area contributed by atoms with Crippen molar-refractivity contribution in [3.8, 4) is 0 Å². The molecule has 0 aromatic carbocycles. The molecule has 6 heteroatoms. The van der Waals surface area contributed by atoms with Crippen molar-refractivity contribution >= 4 is 28.2 Å². The Kier molecular flexibility index (Phi) is 8.12. The molecule has 0 spiro atoms. The molecule has 5 nitrogen and oxygen atoms in total. The van der Waals surface area contributed by atoms with E-state index >= 15 is 0 Å². The molecule has 1 rings (SSSR count). The highest BCUT2D eigenvalue weighted by Crippen LogP contribution is 2.26. The van der Waals surface area contributed by atoms with E-state index in [-0.39, 0.29) is 5.91 Å². The van der Waals surface area contributed by atoms with E-state index in [4.69, 9.17) is 5.73 Å². The lowest BCUT2D eigenvalue weighted by Gasteiger charge is -2.21. The number of carbonyl (C=O) groups excluding carboxylic acids is 1. The van der Waals surface area contributed by atoms with Gasteiger partial charge in [-0.3, -0.25) is 4.79 Å². The largest absolute Gasteiger partial charge is 0.382 e. The molecule has 0 aliphatic heterocycles. The minimum absolute atomic E-state index is 0.0245. The first-order valence-electron chi connectivity index (χ1n) is 7.93. The average Bonchev–Trinajstić information content (AvgIpc) is 2.85. The summed E-state index contributed by atoms with van der Waals surface area (Å²) in [5.41, 5.74) is 5.92. The number of hydrogen-bond donors (Lipinski definition) is 2. The van der Waals surface area contributed by atoms with Crippen LogP contribution in [0.3, 0.4) is 0 Å². The average molecular weight is 312 g/mol. The lowest BCUT2D eigenvalue weighted by molar-refractivity contribution is 0.0756. The summed E-state index contributed by atoms with van der Waals surface area (Å²) in [6, 6.07) is 0. The minimum atomic E-state index is 0.0245. The summed E-state index contributed by atoms with van der Waals surface area (Å²) >= 11 is 1.36. The van der Waals surface area contributed by atoms with Gasteiger partial charge in [0, 0.05) is 19.6 Å². The van der Waals surface area contributed by atoms with Gasteiger partial charge in [0.25, 0.3) is 5.91 Å². The van der Waals surface area contributed by atoms with Crippen molar-refractivity contribution < 1.29 is 4.79 Å². The molecular formula is C15H28N4OS. The van der Waals surface area contributed by atoms with Crippen molar-refractivity contribution in [2.24, 2.45) is 0 Å². The quantitative estimate of drug-likeness (QED) is 0.692. The number of nitrogens with zero attached hydrogens (tertiary/aromatic N) is 2. The molecular weight excluding hydrogens is 284 g/mol. The Bertz CT molecular complexity index is 425. The summed E-state index contributed by atoms with van der Waals surface area (Å²) in [6.45, 7) is 8.80. The summed E-state index contributed by atoms with van der Waals surface area (Å²) in [5, 5.41) is 3.93. The Hall–Kier alpha value is -1.30. The summed E-state index contributed by atoms with van der Waals surface area (Å²) < 4.78 is 0. The van der Waals surface area contributed by atoms with Gasteiger partial charge in [-0.25, -0.2) is 4.98 Å². The number of amides is 1. The number of nitrogens with one attached hydrogen (secondary N) is 1. The van der Waals surface area contributed by atoms with Crippen LogP contribution < -0.4 is 11.1 Å². The minimum Gasteiger partial charge on any atom is -0.382 e. The monoisotopic (exact) mass is 312 g/mol. The van der Waals surface area contributed by atoms with Crippen molar-refractivity contribution in [2.75, 3.05) is 30.7 Å². The number of nitrogens with two attached hydrogens (primary N) is 1. The third-order valence-corrected chi connectivity index (χ3v) is 4.24. The fourth-order valence-electron chi connectivity index (χ4n) is 1.95. The normalized spacial score (nSPS) is 10.6. The molecule has 21 heavy (non-hydrogen) atoms. The summed E-state index contributed by atoms with van der Waals surface area (Å²) in [5.74, 6) is 0.373. The summed E-state index contributed by atoms with van der Waals surface area (Å²) in [6.07, 6.45) is 5.22. The van der Waals surface area contributed by atoms with Gasteiger partial charge in [-0.1, -0.05) is 44.9 Å². The van der Waals surface area contributed by atoms with Crippen molar-refractivity contribution in [1.82, 2.24) is 9.88 Å². The maximum atomic E-state index is 12.7. The van der Waals surface area contributed by atoms with E-state index in [1.165, 1.54) is 11.3 Å². The zero-order valence-electron chi connectivity index (χ0n) is 13.4. The lowest BCUT2D eigenvalue weighted by atomic mass is 10.2. The van der Waals surface area contributed by atoms with E-state index in [9.17, 15) is 4.79 Å². The van der Waals surface area contributed by atoms with E-state index in [1.54, 1.807) is 0 Å². The van der Waals surface area contributed by atoms with Crippen LogP contribution in [0.4, 0.5) is 10.9 Å². The van der Waals surface area contributed by atoms with Crippen LogP contribution >= 0.6 is 11.3 Å². The predicted octanol–water partition coefficient (Wildman–Crippen LogP) is 3.59. The van der Waals surface area contributed by atoms with Crippen molar-refractivity contribution in [3.63, 3.8) is 0 Å². The third-order valence-electron chi connectivity index (χ3n) is 3.22.